The van der Waals surface area contributed by atoms with Gasteiger partial charge in [0.2, 0.25) is 0 Å². The molecule has 1 atom stereocenters. The number of hydrogen-bond donors (Lipinski definition) is 2. The predicted molar refractivity (Wildman–Crippen MR) is 76.0 cm³/mol. The minimum Gasteiger partial charge on any atom is -0.381 e. The first-order valence-electron chi connectivity index (χ1n) is 6.64. The quantitative estimate of drug-likeness (QED) is 0.646. The summed E-state index contributed by atoms with van der Waals surface area (Å²) >= 11 is 5.70. The van der Waals surface area contributed by atoms with E-state index in [1.165, 1.54) is 6.07 Å². The average molecular weight is 303 g/mol. The fourth-order valence-corrected chi connectivity index (χ4v) is 2.83. The Morgan fingerprint density at radius 2 is 2.20 bits per heavy atom. The van der Waals surface area contributed by atoms with Gasteiger partial charge in [-0.2, -0.15) is 0 Å². The minimum absolute atomic E-state index is 0.114. The van der Waals surface area contributed by atoms with Crippen LogP contribution in [0.15, 0.2) is 18.2 Å². The topological polar surface area (TPSA) is 56.5 Å². The average Bonchev–Trinajstić information content (AvgIpc) is 2.49. The van der Waals surface area contributed by atoms with Crippen LogP contribution in [0.4, 0.5) is 4.39 Å². The zero-order valence-electron chi connectivity index (χ0n) is 11.5. The summed E-state index contributed by atoms with van der Waals surface area (Å²) in [7, 11) is 1.68. The molecule has 3 N–H and O–H groups in total. The molecular formula is C14H20ClFN2O2. The van der Waals surface area contributed by atoms with E-state index in [2.05, 4.69) is 5.43 Å². The molecule has 0 aliphatic carbocycles. The Hall–Kier alpha value is -0.720. The number of benzene rings is 1. The Morgan fingerprint density at radius 3 is 2.75 bits per heavy atom. The Kier molecular flexibility index (Phi) is 5.35. The van der Waals surface area contributed by atoms with Crippen LogP contribution in [-0.4, -0.2) is 32.0 Å². The highest BCUT2D eigenvalue weighted by atomic mass is 35.5. The van der Waals surface area contributed by atoms with Gasteiger partial charge < -0.3 is 9.47 Å². The fraction of sp³-hybridized carbons (Fsp3) is 0.571. The zero-order chi connectivity index (χ0) is 14.6. The van der Waals surface area contributed by atoms with Crippen molar-refractivity contribution in [3.8, 4) is 0 Å². The van der Waals surface area contributed by atoms with Crippen LogP contribution in [0.25, 0.3) is 0 Å². The molecule has 1 aromatic carbocycles. The van der Waals surface area contributed by atoms with Crippen LogP contribution in [0.3, 0.4) is 0 Å². The van der Waals surface area contributed by atoms with Gasteiger partial charge in [-0.05, 0) is 24.1 Å². The number of hydrogen-bond acceptors (Lipinski definition) is 4. The molecule has 2 rings (SSSR count). The molecule has 1 saturated heterocycles. The van der Waals surface area contributed by atoms with E-state index in [-0.39, 0.29) is 16.7 Å². The fourth-order valence-electron chi connectivity index (χ4n) is 2.71. The molecule has 1 aliphatic rings. The van der Waals surface area contributed by atoms with E-state index in [9.17, 15) is 4.39 Å². The molecule has 0 spiro atoms. The van der Waals surface area contributed by atoms with Gasteiger partial charge in [0.05, 0.1) is 16.7 Å². The highest BCUT2D eigenvalue weighted by Gasteiger charge is 2.40. The van der Waals surface area contributed by atoms with Crippen molar-refractivity contribution in [1.29, 1.82) is 0 Å². The third-order valence-electron chi connectivity index (χ3n) is 4.01. The summed E-state index contributed by atoms with van der Waals surface area (Å²) in [4.78, 5) is 0. The summed E-state index contributed by atoms with van der Waals surface area (Å²) in [5.74, 6) is 5.27. The number of nitrogens with one attached hydrogen (secondary N) is 1. The van der Waals surface area contributed by atoms with Gasteiger partial charge in [0.15, 0.2) is 0 Å². The maximum Gasteiger partial charge on any atom is 0.142 e. The van der Waals surface area contributed by atoms with Crippen LogP contribution in [0.2, 0.25) is 5.02 Å². The van der Waals surface area contributed by atoms with Crippen molar-refractivity contribution in [3.63, 3.8) is 0 Å². The van der Waals surface area contributed by atoms with Crippen molar-refractivity contribution in [2.75, 3.05) is 20.3 Å². The normalized spacial score (nSPS) is 19.8. The maximum absolute atomic E-state index is 13.5. The highest BCUT2D eigenvalue weighted by Crippen LogP contribution is 2.30. The molecule has 1 fully saturated rings. The number of rotatable bonds is 5. The largest absolute Gasteiger partial charge is 0.381 e. The summed E-state index contributed by atoms with van der Waals surface area (Å²) in [6.07, 6.45) is 2.08. The van der Waals surface area contributed by atoms with E-state index in [4.69, 9.17) is 26.9 Å². The lowest BCUT2D eigenvalue weighted by Crippen LogP contribution is -2.58. The van der Waals surface area contributed by atoms with E-state index in [0.29, 0.717) is 19.6 Å². The van der Waals surface area contributed by atoms with Crippen molar-refractivity contribution < 1.29 is 13.9 Å². The predicted octanol–water partition coefficient (Wildman–Crippen LogP) is 2.05. The summed E-state index contributed by atoms with van der Waals surface area (Å²) < 4.78 is 24.6. The molecule has 4 nitrogen and oxygen atoms in total. The maximum atomic E-state index is 13.5. The van der Waals surface area contributed by atoms with Crippen LogP contribution in [0, 0.1) is 5.82 Å². The molecule has 1 unspecified atom stereocenters. The molecule has 0 aromatic heterocycles. The number of methoxy groups -OCH3 is 1. The first-order chi connectivity index (χ1) is 9.61. The molecule has 20 heavy (non-hydrogen) atoms. The Labute approximate surface area is 123 Å². The van der Waals surface area contributed by atoms with E-state index in [1.54, 1.807) is 19.2 Å². The number of halogens is 2. The molecule has 0 saturated carbocycles. The third-order valence-corrected chi connectivity index (χ3v) is 4.31. The van der Waals surface area contributed by atoms with Crippen LogP contribution in [0.1, 0.15) is 18.4 Å². The van der Waals surface area contributed by atoms with E-state index < -0.39 is 5.82 Å². The minimum atomic E-state index is -0.418. The molecule has 0 bridgehead atoms. The van der Waals surface area contributed by atoms with Gasteiger partial charge >= 0.3 is 0 Å². The first-order valence-corrected chi connectivity index (χ1v) is 7.02. The van der Waals surface area contributed by atoms with E-state index >= 15 is 0 Å². The zero-order valence-corrected chi connectivity index (χ0v) is 12.3. The summed E-state index contributed by atoms with van der Waals surface area (Å²) in [5, 5.41) is 0.124. The van der Waals surface area contributed by atoms with Crippen molar-refractivity contribution in [2.45, 2.75) is 30.9 Å². The summed E-state index contributed by atoms with van der Waals surface area (Å²) in [6.45, 7) is 1.28. The van der Waals surface area contributed by atoms with Gasteiger partial charge in [-0.25, -0.2) is 4.39 Å². The molecule has 0 radical (unpaired) electrons. The van der Waals surface area contributed by atoms with Gasteiger partial charge in [-0.3, -0.25) is 11.3 Å². The van der Waals surface area contributed by atoms with E-state index in [1.807, 2.05) is 0 Å². The van der Waals surface area contributed by atoms with Gasteiger partial charge in [0.1, 0.15) is 5.82 Å². The van der Waals surface area contributed by atoms with E-state index in [0.717, 1.165) is 18.4 Å². The van der Waals surface area contributed by atoms with Gasteiger partial charge in [-0.15, -0.1) is 0 Å². The lowest BCUT2D eigenvalue weighted by Gasteiger charge is -2.42. The lowest BCUT2D eigenvalue weighted by atomic mass is 9.83. The second-order valence-corrected chi connectivity index (χ2v) is 5.46. The van der Waals surface area contributed by atoms with Crippen molar-refractivity contribution in [3.05, 3.63) is 34.6 Å². The highest BCUT2D eigenvalue weighted by molar-refractivity contribution is 6.30. The molecule has 1 aliphatic heterocycles. The van der Waals surface area contributed by atoms with Gasteiger partial charge in [0.25, 0.3) is 0 Å². The van der Waals surface area contributed by atoms with Gasteiger partial charge in [-0.1, -0.05) is 17.7 Å². The molecule has 6 heteroatoms. The Bertz CT molecular complexity index is 453. The SMILES string of the molecule is COC1(C(Cc2ccc(Cl)c(F)c2)NN)CCOCC1. The monoisotopic (exact) mass is 302 g/mol. The molecule has 112 valence electrons. The van der Waals surface area contributed by atoms with Crippen molar-refractivity contribution in [1.82, 2.24) is 5.43 Å². The smallest absolute Gasteiger partial charge is 0.142 e. The second-order valence-electron chi connectivity index (χ2n) is 5.05. The molecule has 0 amide bonds. The second kappa shape index (κ2) is 6.83. The number of nitrogens with two attached hydrogens (primary N) is 1. The van der Waals surface area contributed by atoms with Crippen molar-refractivity contribution in [2.24, 2.45) is 5.84 Å². The lowest BCUT2D eigenvalue weighted by molar-refractivity contribution is -0.110. The van der Waals surface area contributed by atoms with Crippen LogP contribution in [-0.2, 0) is 15.9 Å². The van der Waals surface area contributed by atoms with Gasteiger partial charge in [0, 0.05) is 33.2 Å². The van der Waals surface area contributed by atoms with Crippen LogP contribution < -0.4 is 11.3 Å². The Balaban J connectivity index is 2.16. The summed E-state index contributed by atoms with van der Waals surface area (Å²) in [6, 6.07) is 4.69. The van der Waals surface area contributed by atoms with Crippen molar-refractivity contribution >= 4 is 11.6 Å². The van der Waals surface area contributed by atoms with Crippen LogP contribution in [0.5, 0.6) is 0 Å². The Morgan fingerprint density at radius 1 is 1.50 bits per heavy atom. The third kappa shape index (κ3) is 3.30. The molecule has 1 aromatic rings. The molecule has 1 heterocycles. The number of ether oxygens (including phenoxy) is 2. The standard InChI is InChI=1S/C14H20ClFN2O2/c1-19-14(4-6-20-7-5-14)13(18-17)9-10-2-3-11(15)12(16)8-10/h2-3,8,13,18H,4-7,9,17H2,1H3. The van der Waals surface area contributed by atoms with Crippen LogP contribution >= 0.6 is 11.6 Å². The first kappa shape index (κ1) is 15.7. The molecular weight excluding hydrogens is 283 g/mol. The summed E-state index contributed by atoms with van der Waals surface area (Å²) in [5.41, 5.74) is 3.26. The number of hydrazine groups is 1.